The number of nitrogens with one attached hydrogen (secondary N) is 1. The van der Waals surface area contributed by atoms with Gasteiger partial charge in [0.2, 0.25) is 0 Å². The van der Waals surface area contributed by atoms with Crippen molar-refractivity contribution < 1.29 is 0 Å². The standard InChI is InChI=1S/C13H22BrN3S/c1-11(17-5-3-15-4-6-17)8-16(2)9-13-7-12(14)10-18-13/h7,10-11,15H,3-6,8-9H2,1-2H3. The highest BCUT2D eigenvalue weighted by atomic mass is 79.9. The maximum atomic E-state index is 3.51. The summed E-state index contributed by atoms with van der Waals surface area (Å²) in [4.78, 5) is 6.43. The highest BCUT2D eigenvalue weighted by Crippen LogP contribution is 2.21. The topological polar surface area (TPSA) is 18.5 Å². The zero-order valence-corrected chi connectivity index (χ0v) is 13.6. The lowest BCUT2D eigenvalue weighted by molar-refractivity contribution is 0.144. The van der Waals surface area contributed by atoms with Gasteiger partial charge in [0.1, 0.15) is 0 Å². The first-order valence-electron chi connectivity index (χ1n) is 6.51. The van der Waals surface area contributed by atoms with Gasteiger partial charge in [0.25, 0.3) is 0 Å². The summed E-state index contributed by atoms with van der Waals surface area (Å²) in [6, 6.07) is 2.86. The predicted octanol–water partition coefficient (Wildman–Crippen LogP) is 2.24. The number of likely N-dealkylation sites (N-methyl/N-ethyl adjacent to an activating group) is 1. The molecule has 1 aromatic rings. The molecule has 1 aliphatic heterocycles. The van der Waals surface area contributed by atoms with Gasteiger partial charge in [0, 0.05) is 60.0 Å². The Hall–Kier alpha value is 0.0600. The average molecular weight is 332 g/mol. The number of halogens is 1. The molecule has 0 saturated carbocycles. The minimum Gasteiger partial charge on any atom is -0.314 e. The van der Waals surface area contributed by atoms with Crippen LogP contribution >= 0.6 is 27.3 Å². The fraction of sp³-hybridized carbons (Fsp3) is 0.692. The number of thiophene rings is 1. The Bertz CT molecular complexity index is 363. The summed E-state index contributed by atoms with van der Waals surface area (Å²) in [5.74, 6) is 0. The molecule has 1 saturated heterocycles. The SMILES string of the molecule is CC(CN(C)Cc1cc(Br)cs1)N1CCNCC1. The molecule has 0 spiro atoms. The van der Waals surface area contributed by atoms with E-state index in [0.717, 1.165) is 26.2 Å². The molecule has 1 aliphatic rings. The van der Waals surface area contributed by atoms with Crippen molar-refractivity contribution in [3.63, 3.8) is 0 Å². The van der Waals surface area contributed by atoms with Gasteiger partial charge in [0.05, 0.1) is 0 Å². The molecule has 0 radical (unpaired) electrons. The second-order valence-electron chi connectivity index (χ2n) is 5.06. The second-order valence-corrected chi connectivity index (χ2v) is 6.97. The van der Waals surface area contributed by atoms with E-state index < -0.39 is 0 Å². The van der Waals surface area contributed by atoms with Crippen LogP contribution in [0.5, 0.6) is 0 Å². The van der Waals surface area contributed by atoms with E-state index in [-0.39, 0.29) is 0 Å². The average Bonchev–Trinajstić information content (AvgIpc) is 2.75. The van der Waals surface area contributed by atoms with Crippen LogP contribution in [0.1, 0.15) is 11.8 Å². The van der Waals surface area contributed by atoms with Crippen molar-refractivity contribution in [2.24, 2.45) is 0 Å². The summed E-state index contributed by atoms with van der Waals surface area (Å²) < 4.78 is 1.20. The summed E-state index contributed by atoms with van der Waals surface area (Å²) in [6.07, 6.45) is 0. The first-order valence-corrected chi connectivity index (χ1v) is 8.18. The molecule has 0 aromatic carbocycles. The molecule has 1 N–H and O–H groups in total. The van der Waals surface area contributed by atoms with E-state index in [0.29, 0.717) is 6.04 Å². The fourth-order valence-electron chi connectivity index (χ4n) is 2.46. The molecule has 1 unspecified atom stereocenters. The number of rotatable bonds is 5. The number of nitrogens with zero attached hydrogens (tertiary/aromatic N) is 2. The van der Waals surface area contributed by atoms with E-state index in [9.17, 15) is 0 Å². The molecule has 0 bridgehead atoms. The predicted molar refractivity (Wildman–Crippen MR) is 82.3 cm³/mol. The summed E-state index contributed by atoms with van der Waals surface area (Å²) in [6.45, 7) is 9.14. The van der Waals surface area contributed by atoms with Crippen molar-refractivity contribution in [2.75, 3.05) is 39.8 Å². The van der Waals surface area contributed by atoms with E-state index in [1.165, 1.54) is 22.4 Å². The van der Waals surface area contributed by atoms with Crippen LogP contribution in [0.2, 0.25) is 0 Å². The molecule has 0 amide bonds. The molecule has 1 atom stereocenters. The Morgan fingerprint density at radius 1 is 1.50 bits per heavy atom. The second kappa shape index (κ2) is 7.01. The van der Waals surface area contributed by atoms with Gasteiger partial charge in [-0.25, -0.2) is 0 Å². The van der Waals surface area contributed by atoms with Crippen LogP contribution in [0.3, 0.4) is 0 Å². The number of piperazine rings is 1. The maximum absolute atomic E-state index is 3.51. The van der Waals surface area contributed by atoms with Crippen molar-refractivity contribution >= 4 is 27.3 Å². The Morgan fingerprint density at radius 2 is 2.22 bits per heavy atom. The van der Waals surface area contributed by atoms with Crippen LogP contribution in [-0.2, 0) is 6.54 Å². The van der Waals surface area contributed by atoms with Gasteiger partial charge in [-0.05, 0) is 36.0 Å². The highest BCUT2D eigenvalue weighted by Gasteiger charge is 2.17. The van der Waals surface area contributed by atoms with Gasteiger partial charge in [-0.2, -0.15) is 0 Å². The molecule has 102 valence electrons. The number of hydrogen-bond donors (Lipinski definition) is 1. The van der Waals surface area contributed by atoms with Crippen molar-refractivity contribution in [1.29, 1.82) is 0 Å². The lowest BCUT2D eigenvalue weighted by atomic mass is 10.2. The monoisotopic (exact) mass is 331 g/mol. The van der Waals surface area contributed by atoms with Crippen LogP contribution in [0.4, 0.5) is 0 Å². The first kappa shape index (κ1) is 14.5. The zero-order valence-electron chi connectivity index (χ0n) is 11.2. The summed E-state index contributed by atoms with van der Waals surface area (Å²) in [7, 11) is 2.21. The molecule has 1 aromatic heterocycles. The van der Waals surface area contributed by atoms with Gasteiger partial charge < -0.3 is 5.32 Å². The van der Waals surface area contributed by atoms with E-state index in [1.807, 2.05) is 11.3 Å². The molecule has 0 aliphatic carbocycles. The summed E-state index contributed by atoms with van der Waals surface area (Å²) in [5, 5.41) is 5.56. The molecular weight excluding hydrogens is 310 g/mol. The first-order chi connectivity index (χ1) is 8.65. The third-order valence-electron chi connectivity index (χ3n) is 3.40. The third-order valence-corrected chi connectivity index (χ3v) is 5.08. The molecule has 2 rings (SSSR count). The molecule has 18 heavy (non-hydrogen) atoms. The Labute approximate surface area is 122 Å². The lowest BCUT2D eigenvalue weighted by Crippen LogP contribution is -2.50. The zero-order chi connectivity index (χ0) is 13.0. The molecule has 3 nitrogen and oxygen atoms in total. The van der Waals surface area contributed by atoms with Crippen molar-refractivity contribution in [1.82, 2.24) is 15.1 Å². The van der Waals surface area contributed by atoms with Crippen LogP contribution in [0.15, 0.2) is 15.9 Å². The minimum atomic E-state index is 0.639. The third kappa shape index (κ3) is 4.31. The molecule has 2 heterocycles. The summed E-state index contributed by atoms with van der Waals surface area (Å²) in [5.41, 5.74) is 0. The largest absolute Gasteiger partial charge is 0.314 e. The Kier molecular flexibility index (Phi) is 5.63. The highest BCUT2D eigenvalue weighted by molar-refractivity contribution is 9.10. The van der Waals surface area contributed by atoms with Crippen molar-refractivity contribution in [2.45, 2.75) is 19.5 Å². The summed E-state index contributed by atoms with van der Waals surface area (Å²) >= 11 is 5.34. The van der Waals surface area contributed by atoms with Gasteiger partial charge >= 0.3 is 0 Å². The lowest BCUT2D eigenvalue weighted by Gasteiger charge is -2.34. The molecule has 5 heteroatoms. The van der Waals surface area contributed by atoms with Crippen LogP contribution < -0.4 is 5.32 Å². The van der Waals surface area contributed by atoms with Gasteiger partial charge in [0.15, 0.2) is 0 Å². The van der Waals surface area contributed by atoms with Crippen LogP contribution in [-0.4, -0.2) is 55.6 Å². The van der Waals surface area contributed by atoms with E-state index in [4.69, 9.17) is 0 Å². The van der Waals surface area contributed by atoms with Crippen LogP contribution in [0, 0.1) is 0 Å². The van der Waals surface area contributed by atoms with Crippen molar-refractivity contribution in [3.8, 4) is 0 Å². The maximum Gasteiger partial charge on any atom is 0.0325 e. The minimum absolute atomic E-state index is 0.639. The van der Waals surface area contributed by atoms with Crippen molar-refractivity contribution in [3.05, 3.63) is 20.8 Å². The Morgan fingerprint density at radius 3 is 2.83 bits per heavy atom. The quantitative estimate of drug-likeness (QED) is 0.892. The van der Waals surface area contributed by atoms with E-state index in [2.05, 4.69) is 56.5 Å². The number of hydrogen-bond acceptors (Lipinski definition) is 4. The normalized spacial score (nSPS) is 19.3. The molecular formula is C13H22BrN3S. The Balaban J connectivity index is 1.77. The molecule has 1 fully saturated rings. The van der Waals surface area contributed by atoms with Crippen LogP contribution in [0.25, 0.3) is 0 Å². The van der Waals surface area contributed by atoms with Gasteiger partial charge in [-0.1, -0.05) is 0 Å². The van der Waals surface area contributed by atoms with Gasteiger partial charge in [-0.15, -0.1) is 11.3 Å². The smallest absolute Gasteiger partial charge is 0.0325 e. The van der Waals surface area contributed by atoms with E-state index >= 15 is 0 Å². The fourth-order valence-corrected chi connectivity index (χ4v) is 3.99. The van der Waals surface area contributed by atoms with Gasteiger partial charge in [-0.3, -0.25) is 9.80 Å². The van der Waals surface area contributed by atoms with E-state index in [1.54, 1.807) is 0 Å².